The zero-order valence-electron chi connectivity index (χ0n) is 11.0. The second kappa shape index (κ2) is 6.15. The average Bonchev–Trinajstić information content (AvgIpc) is 2.85. The molecular weight excluding hydrogens is 208 g/mol. The van der Waals surface area contributed by atoms with Crippen molar-refractivity contribution >= 4 is 0 Å². The lowest BCUT2D eigenvalue weighted by molar-refractivity contribution is 0.358. The molecule has 3 unspecified atom stereocenters. The van der Waals surface area contributed by atoms with Crippen LogP contribution < -0.4 is 5.32 Å². The summed E-state index contributed by atoms with van der Waals surface area (Å²) in [4.78, 5) is 4.26. The van der Waals surface area contributed by atoms with Crippen LogP contribution in [0.1, 0.15) is 51.1 Å². The molecule has 2 nitrogen and oxygen atoms in total. The van der Waals surface area contributed by atoms with Crippen molar-refractivity contribution in [2.45, 2.75) is 45.6 Å². The van der Waals surface area contributed by atoms with Crippen LogP contribution >= 0.6 is 0 Å². The minimum absolute atomic E-state index is 0.505. The highest BCUT2D eigenvalue weighted by molar-refractivity contribution is 5.15. The zero-order valence-corrected chi connectivity index (χ0v) is 11.0. The third-order valence-electron chi connectivity index (χ3n) is 4.10. The molecule has 0 aliphatic heterocycles. The number of pyridine rings is 1. The number of aromatic nitrogens is 1. The topological polar surface area (TPSA) is 24.9 Å². The van der Waals surface area contributed by atoms with E-state index in [1.807, 2.05) is 18.5 Å². The minimum Gasteiger partial charge on any atom is -0.310 e. The Balaban J connectivity index is 2.08. The largest absolute Gasteiger partial charge is 0.310 e. The molecular formula is C15H24N2. The van der Waals surface area contributed by atoms with E-state index in [4.69, 9.17) is 0 Å². The summed E-state index contributed by atoms with van der Waals surface area (Å²) >= 11 is 0. The van der Waals surface area contributed by atoms with E-state index in [-0.39, 0.29) is 0 Å². The van der Waals surface area contributed by atoms with E-state index in [0.29, 0.717) is 6.04 Å². The normalized spacial score (nSPS) is 26.0. The molecule has 2 heteroatoms. The maximum absolute atomic E-state index is 4.26. The first-order chi connectivity index (χ1) is 8.35. The highest BCUT2D eigenvalue weighted by Gasteiger charge is 2.30. The second-order valence-electron chi connectivity index (χ2n) is 5.17. The van der Waals surface area contributed by atoms with Crippen LogP contribution in [0.15, 0.2) is 24.5 Å². The fraction of sp³-hybridized carbons (Fsp3) is 0.667. The first-order valence-electron chi connectivity index (χ1n) is 6.98. The van der Waals surface area contributed by atoms with Gasteiger partial charge >= 0.3 is 0 Å². The fourth-order valence-corrected chi connectivity index (χ4v) is 3.12. The molecule has 1 aromatic heterocycles. The van der Waals surface area contributed by atoms with Gasteiger partial charge < -0.3 is 5.32 Å². The van der Waals surface area contributed by atoms with Gasteiger partial charge in [-0.05, 0) is 42.9 Å². The van der Waals surface area contributed by atoms with Gasteiger partial charge in [-0.2, -0.15) is 0 Å². The van der Waals surface area contributed by atoms with E-state index in [0.717, 1.165) is 18.4 Å². The quantitative estimate of drug-likeness (QED) is 0.839. The van der Waals surface area contributed by atoms with Gasteiger partial charge in [0, 0.05) is 18.4 Å². The minimum atomic E-state index is 0.505. The summed E-state index contributed by atoms with van der Waals surface area (Å²) in [5, 5.41) is 3.65. The number of nitrogens with one attached hydrogen (secondary N) is 1. The number of hydrogen-bond acceptors (Lipinski definition) is 2. The second-order valence-corrected chi connectivity index (χ2v) is 5.17. The van der Waals surface area contributed by atoms with Gasteiger partial charge in [0.2, 0.25) is 0 Å². The molecule has 1 aliphatic carbocycles. The molecule has 1 heterocycles. The highest BCUT2D eigenvalue weighted by atomic mass is 14.9. The van der Waals surface area contributed by atoms with E-state index in [9.17, 15) is 0 Å². The van der Waals surface area contributed by atoms with Crippen LogP contribution in [0.2, 0.25) is 0 Å². The highest BCUT2D eigenvalue weighted by Crippen LogP contribution is 2.40. The van der Waals surface area contributed by atoms with Crippen LogP contribution in [0.5, 0.6) is 0 Å². The van der Waals surface area contributed by atoms with E-state index in [2.05, 4.69) is 30.2 Å². The third-order valence-corrected chi connectivity index (χ3v) is 4.10. The number of rotatable bonds is 5. The smallest absolute Gasteiger partial charge is 0.0363 e. The van der Waals surface area contributed by atoms with Gasteiger partial charge in [0.15, 0.2) is 0 Å². The van der Waals surface area contributed by atoms with Crippen LogP contribution in [0, 0.1) is 11.8 Å². The first kappa shape index (κ1) is 12.6. The van der Waals surface area contributed by atoms with Gasteiger partial charge in [0.25, 0.3) is 0 Å². The zero-order chi connectivity index (χ0) is 12.1. The summed E-state index contributed by atoms with van der Waals surface area (Å²) in [6, 6.07) is 4.76. The van der Waals surface area contributed by atoms with E-state index in [1.54, 1.807) is 0 Å². The Morgan fingerprint density at radius 3 is 2.88 bits per heavy atom. The summed E-state index contributed by atoms with van der Waals surface area (Å²) in [5.41, 5.74) is 1.36. The molecule has 1 N–H and O–H groups in total. The Hall–Kier alpha value is -0.890. The predicted octanol–water partition coefficient (Wildman–Crippen LogP) is 3.56. The average molecular weight is 232 g/mol. The molecule has 0 spiro atoms. The lowest BCUT2D eigenvalue weighted by Gasteiger charge is -2.24. The molecule has 1 saturated carbocycles. The Morgan fingerprint density at radius 2 is 2.29 bits per heavy atom. The summed E-state index contributed by atoms with van der Waals surface area (Å²) in [7, 11) is 0. The van der Waals surface area contributed by atoms with Crippen molar-refractivity contribution in [3.05, 3.63) is 30.1 Å². The van der Waals surface area contributed by atoms with Crippen molar-refractivity contribution in [2.75, 3.05) is 6.54 Å². The third kappa shape index (κ3) is 3.06. The van der Waals surface area contributed by atoms with Crippen LogP contribution in [0.4, 0.5) is 0 Å². The molecule has 0 bridgehead atoms. The summed E-state index contributed by atoms with van der Waals surface area (Å²) in [6.45, 7) is 5.54. The van der Waals surface area contributed by atoms with Crippen LogP contribution in [-0.4, -0.2) is 11.5 Å². The van der Waals surface area contributed by atoms with E-state index < -0.39 is 0 Å². The molecule has 1 aliphatic rings. The van der Waals surface area contributed by atoms with Crippen molar-refractivity contribution in [3.8, 4) is 0 Å². The van der Waals surface area contributed by atoms with Crippen molar-refractivity contribution in [3.63, 3.8) is 0 Å². The lowest BCUT2D eigenvalue weighted by Crippen LogP contribution is -2.27. The van der Waals surface area contributed by atoms with Gasteiger partial charge in [-0.1, -0.05) is 32.8 Å². The van der Waals surface area contributed by atoms with Gasteiger partial charge in [-0.3, -0.25) is 4.98 Å². The molecule has 1 aromatic rings. The lowest BCUT2D eigenvalue weighted by atomic mass is 9.91. The Morgan fingerprint density at radius 1 is 1.41 bits per heavy atom. The van der Waals surface area contributed by atoms with Gasteiger partial charge in [-0.15, -0.1) is 0 Å². The Labute approximate surface area is 105 Å². The van der Waals surface area contributed by atoms with Crippen molar-refractivity contribution in [2.24, 2.45) is 11.8 Å². The summed E-state index contributed by atoms with van der Waals surface area (Å²) in [5.74, 6) is 1.74. The van der Waals surface area contributed by atoms with Crippen LogP contribution in [0.3, 0.4) is 0 Å². The summed E-state index contributed by atoms with van der Waals surface area (Å²) in [6.07, 6.45) is 9.36. The Kier molecular flexibility index (Phi) is 4.55. The number of nitrogens with zero attached hydrogens (tertiary/aromatic N) is 1. The van der Waals surface area contributed by atoms with Crippen LogP contribution in [-0.2, 0) is 0 Å². The monoisotopic (exact) mass is 232 g/mol. The van der Waals surface area contributed by atoms with Gasteiger partial charge in [-0.25, -0.2) is 0 Å². The van der Waals surface area contributed by atoms with E-state index >= 15 is 0 Å². The van der Waals surface area contributed by atoms with E-state index in [1.165, 1.54) is 31.2 Å². The van der Waals surface area contributed by atoms with Crippen molar-refractivity contribution in [1.82, 2.24) is 10.3 Å². The van der Waals surface area contributed by atoms with Crippen LogP contribution in [0.25, 0.3) is 0 Å². The van der Waals surface area contributed by atoms with Crippen molar-refractivity contribution < 1.29 is 0 Å². The summed E-state index contributed by atoms with van der Waals surface area (Å²) < 4.78 is 0. The molecule has 0 saturated heterocycles. The van der Waals surface area contributed by atoms with Gasteiger partial charge in [0.05, 0.1) is 0 Å². The molecule has 94 valence electrons. The molecule has 1 fully saturated rings. The molecule has 0 aromatic carbocycles. The molecule has 17 heavy (non-hydrogen) atoms. The molecule has 3 atom stereocenters. The van der Waals surface area contributed by atoms with Crippen molar-refractivity contribution in [1.29, 1.82) is 0 Å². The fourth-order valence-electron chi connectivity index (χ4n) is 3.12. The first-order valence-corrected chi connectivity index (χ1v) is 6.98. The standard InChI is InChI=1S/C15H24N2/c1-3-12-7-8-13(10-12)15(17-4-2)14-6-5-9-16-11-14/h5-6,9,11-13,15,17H,3-4,7-8,10H2,1-2H3. The maximum atomic E-state index is 4.26. The number of hydrogen-bond donors (Lipinski definition) is 1. The molecule has 2 rings (SSSR count). The molecule has 0 amide bonds. The maximum Gasteiger partial charge on any atom is 0.0363 e. The Bertz CT molecular complexity index is 323. The predicted molar refractivity (Wildman–Crippen MR) is 71.8 cm³/mol. The van der Waals surface area contributed by atoms with Gasteiger partial charge in [0.1, 0.15) is 0 Å². The molecule has 0 radical (unpaired) electrons. The SMILES string of the molecule is CCNC(c1cccnc1)C1CCC(CC)C1.